The maximum Gasteiger partial charge on any atom is 0.323 e. The Morgan fingerprint density at radius 2 is 2.10 bits per heavy atom. The van der Waals surface area contributed by atoms with Crippen molar-refractivity contribution < 1.29 is 9.90 Å². The van der Waals surface area contributed by atoms with Gasteiger partial charge in [0.2, 0.25) is 0 Å². The first-order valence-electron chi connectivity index (χ1n) is 7.98. The van der Waals surface area contributed by atoms with Crippen molar-refractivity contribution in [3.63, 3.8) is 0 Å². The third kappa shape index (κ3) is 4.17. The highest BCUT2D eigenvalue weighted by Gasteiger charge is 2.29. The summed E-state index contributed by atoms with van der Waals surface area (Å²) < 4.78 is 0. The molecule has 0 aromatic rings. The molecule has 2 atom stereocenters. The molecule has 5 heteroatoms. The fraction of sp³-hybridized carbons (Fsp3) is 0.933. The number of nitrogens with zero attached hydrogens (tertiary/aromatic N) is 2. The van der Waals surface area contributed by atoms with Gasteiger partial charge in [0, 0.05) is 25.7 Å². The van der Waals surface area contributed by atoms with Gasteiger partial charge in [0.15, 0.2) is 0 Å². The van der Waals surface area contributed by atoms with Gasteiger partial charge in [0.25, 0.3) is 0 Å². The number of hydrogen-bond acceptors (Lipinski definition) is 4. The monoisotopic (exact) mass is 283 g/mol. The minimum absolute atomic E-state index is 0.561. The lowest BCUT2D eigenvalue weighted by atomic mass is 9.96. The number of carboxylic acid groups (broad SMARTS) is 1. The highest BCUT2D eigenvalue weighted by Crippen LogP contribution is 2.21. The fourth-order valence-corrected chi connectivity index (χ4v) is 3.36. The van der Waals surface area contributed by atoms with Crippen LogP contribution in [0.25, 0.3) is 0 Å². The van der Waals surface area contributed by atoms with Crippen molar-refractivity contribution in [1.82, 2.24) is 9.80 Å². The van der Waals surface area contributed by atoms with Crippen molar-refractivity contribution >= 4 is 5.97 Å². The van der Waals surface area contributed by atoms with Crippen LogP contribution < -0.4 is 5.73 Å². The third-order valence-electron chi connectivity index (χ3n) is 4.83. The Labute approximate surface area is 122 Å². The molecule has 2 rings (SSSR count). The normalized spacial score (nSPS) is 27.8. The molecule has 0 aliphatic carbocycles. The van der Waals surface area contributed by atoms with Crippen LogP contribution in [0, 0.1) is 0 Å². The van der Waals surface area contributed by atoms with E-state index in [1.807, 2.05) is 0 Å². The van der Waals surface area contributed by atoms with E-state index < -0.39 is 11.5 Å². The van der Waals surface area contributed by atoms with E-state index >= 15 is 0 Å². The van der Waals surface area contributed by atoms with Crippen molar-refractivity contribution in [1.29, 1.82) is 0 Å². The molecule has 2 fully saturated rings. The van der Waals surface area contributed by atoms with E-state index in [2.05, 4.69) is 9.80 Å². The molecule has 0 spiro atoms. The van der Waals surface area contributed by atoms with Gasteiger partial charge in [-0.1, -0.05) is 6.42 Å². The summed E-state index contributed by atoms with van der Waals surface area (Å²) in [6.07, 6.45) is 6.58. The number of piperidine rings is 1. The van der Waals surface area contributed by atoms with Gasteiger partial charge >= 0.3 is 5.97 Å². The zero-order chi connectivity index (χ0) is 14.6. The number of aliphatic carboxylic acids is 1. The summed E-state index contributed by atoms with van der Waals surface area (Å²) in [5.74, 6) is -0.895. The van der Waals surface area contributed by atoms with Crippen LogP contribution in [0.3, 0.4) is 0 Å². The topological polar surface area (TPSA) is 69.8 Å². The Hall–Kier alpha value is -0.650. The lowest BCUT2D eigenvalue weighted by Crippen LogP contribution is -2.54. The first kappa shape index (κ1) is 15.7. The highest BCUT2D eigenvalue weighted by molar-refractivity contribution is 5.77. The number of unbranched alkanes of at least 4 members (excludes halogenated alkanes) is 1. The van der Waals surface area contributed by atoms with Gasteiger partial charge in [-0.3, -0.25) is 9.69 Å². The molecule has 20 heavy (non-hydrogen) atoms. The minimum Gasteiger partial charge on any atom is -0.480 e. The number of rotatable bonds is 6. The second-order valence-corrected chi connectivity index (χ2v) is 6.67. The zero-order valence-electron chi connectivity index (χ0n) is 12.7. The molecule has 116 valence electrons. The van der Waals surface area contributed by atoms with Gasteiger partial charge in [0.05, 0.1) is 0 Å². The molecule has 2 unspecified atom stereocenters. The van der Waals surface area contributed by atoms with Gasteiger partial charge in [-0.25, -0.2) is 0 Å². The summed E-state index contributed by atoms with van der Waals surface area (Å²) in [6, 6.07) is 0.760. The molecule has 0 saturated carbocycles. The predicted octanol–water partition coefficient (Wildman–Crippen LogP) is 1.13. The van der Waals surface area contributed by atoms with E-state index in [1.165, 1.54) is 38.9 Å². The summed E-state index contributed by atoms with van der Waals surface area (Å²) in [6.45, 7) is 7.53. The number of nitrogens with two attached hydrogens (primary N) is 1. The Morgan fingerprint density at radius 3 is 2.85 bits per heavy atom. The first-order chi connectivity index (χ1) is 9.49. The molecule has 2 aliphatic heterocycles. The molecule has 0 aromatic heterocycles. The van der Waals surface area contributed by atoms with Crippen LogP contribution in [0.5, 0.6) is 0 Å². The number of fused-ring (bicyclic) bond motifs is 1. The summed E-state index contributed by atoms with van der Waals surface area (Å²) in [4.78, 5) is 16.1. The summed E-state index contributed by atoms with van der Waals surface area (Å²) in [5, 5.41) is 8.98. The van der Waals surface area contributed by atoms with Crippen molar-refractivity contribution in [3.8, 4) is 0 Å². The number of carboxylic acids is 1. The minimum atomic E-state index is -1.07. The number of hydrogen-bond donors (Lipinski definition) is 2. The van der Waals surface area contributed by atoms with Gasteiger partial charge in [-0.05, 0) is 52.1 Å². The van der Waals surface area contributed by atoms with Gasteiger partial charge in [-0.15, -0.1) is 0 Å². The molecular weight excluding hydrogens is 254 g/mol. The van der Waals surface area contributed by atoms with Gasteiger partial charge < -0.3 is 15.7 Å². The SMILES string of the molecule is CC(N)(CCCCN1CCN2CCCCC2C1)C(=O)O. The van der Waals surface area contributed by atoms with E-state index in [-0.39, 0.29) is 0 Å². The van der Waals surface area contributed by atoms with E-state index in [9.17, 15) is 4.79 Å². The second-order valence-electron chi connectivity index (χ2n) is 6.67. The van der Waals surface area contributed by atoms with Crippen LogP contribution in [-0.4, -0.2) is 65.2 Å². The third-order valence-corrected chi connectivity index (χ3v) is 4.83. The summed E-state index contributed by atoms with van der Waals surface area (Å²) in [5.41, 5.74) is 4.68. The first-order valence-corrected chi connectivity index (χ1v) is 7.98. The average Bonchev–Trinajstić information content (AvgIpc) is 2.43. The molecular formula is C15H29N3O2. The predicted molar refractivity (Wildman–Crippen MR) is 79.7 cm³/mol. The van der Waals surface area contributed by atoms with Gasteiger partial charge in [-0.2, -0.15) is 0 Å². The Balaban J connectivity index is 1.64. The number of carbonyl (C=O) groups is 1. The molecule has 0 amide bonds. The summed E-state index contributed by atoms with van der Waals surface area (Å²) in [7, 11) is 0. The quantitative estimate of drug-likeness (QED) is 0.715. The van der Waals surface area contributed by atoms with Crippen molar-refractivity contribution in [3.05, 3.63) is 0 Å². The number of piperazine rings is 1. The Kier molecular flexibility index (Phi) is 5.41. The van der Waals surface area contributed by atoms with Crippen LogP contribution in [0.15, 0.2) is 0 Å². The lowest BCUT2D eigenvalue weighted by Gasteiger charge is -2.44. The molecule has 2 aliphatic rings. The van der Waals surface area contributed by atoms with Crippen LogP contribution >= 0.6 is 0 Å². The second kappa shape index (κ2) is 6.87. The molecule has 2 saturated heterocycles. The van der Waals surface area contributed by atoms with Crippen LogP contribution in [0.4, 0.5) is 0 Å². The zero-order valence-corrected chi connectivity index (χ0v) is 12.7. The fourth-order valence-electron chi connectivity index (χ4n) is 3.36. The van der Waals surface area contributed by atoms with Crippen molar-refractivity contribution in [2.45, 2.75) is 57.0 Å². The molecule has 3 N–H and O–H groups in total. The maximum atomic E-state index is 10.9. The van der Waals surface area contributed by atoms with E-state index in [1.54, 1.807) is 6.92 Å². The Bertz CT molecular complexity index is 333. The maximum absolute atomic E-state index is 10.9. The van der Waals surface area contributed by atoms with E-state index in [0.717, 1.165) is 32.0 Å². The molecule has 5 nitrogen and oxygen atoms in total. The average molecular weight is 283 g/mol. The van der Waals surface area contributed by atoms with Gasteiger partial charge in [0.1, 0.15) is 5.54 Å². The lowest BCUT2D eigenvalue weighted by molar-refractivity contribution is -0.142. The van der Waals surface area contributed by atoms with Crippen LogP contribution in [-0.2, 0) is 4.79 Å². The smallest absolute Gasteiger partial charge is 0.323 e. The van der Waals surface area contributed by atoms with E-state index in [0.29, 0.717) is 6.42 Å². The largest absolute Gasteiger partial charge is 0.480 e. The molecule has 2 heterocycles. The van der Waals surface area contributed by atoms with E-state index in [4.69, 9.17) is 10.8 Å². The molecule has 0 radical (unpaired) electrons. The van der Waals surface area contributed by atoms with Crippen molar-refractivity contribution in [2.24, 2.45) is 5.73 Å². The summed E-state index contributed by atoms with van der Waals surface area (Å²) >= 11 is 0. The van der Waals surface area contributed by atoms with Crippen LogP contribution in [0.2, 0.25) is 0 Å². The molecule has 0 aromatic carbocycles. The molecule has 0 bridgehead atoms. The standard InChI is InChI=1S/C15H29N3O2/c1-15(16,14(19)20)7-3-5-8-17-10-11-18-9-4-2-6-13(18)12-17/h13H,2-12,16H2,1H3,(H,19,20). The Morgan fingerprint density at radius 1 is 1.30 bits per heavy atom. The van der Waals surface area contributed by atoms with Crippen molar-refractivity contribution in [2.75, 3.05) is 32.7 Å². The van der Waals surface area contributed by atoms with Crippen LogP contribution in [0.1, 0.15) is 45.4 Å². The highest BCUT2D eigenvalue weighted by atomic mass is 16.4.